The van der Waals surface area contributed by atoms with Crippen LogP contribution in [-0.2, 0) is 16.0 Å². The number of H-pyrrole nitrogens is 1. The number of hydrogen-bond donors (Lipinski definition) is 1. The molecule has 0 saturated carbocycles. The second kappa shape index (κ2) is 5.42. The minimum atomic E-state index is -0.133. The number of ether oxygens (including phenoxy) is 1. The fraction of sp³-hybridized carbons (Fsp3) is 0.600. The molecule has 0 fully saturated rings. The molecular weight excluding hydrogens is 180 g/mol. The van der Waals surface area contributed by atoms with Crippen LogP contribution in [-0.4, -0.2) is 22.5 Å². The predicted octanol–water partition coefficient (Wildman–Crippen LogP) is 1.54. The van der Waals surface area contributed by atoms with Crippen molar-refractivity contribution in [3.63, 3.8) is 0 Å². The van der Waals surface area contributed by atoms with Gasteiger partial charge in [-0.15, -0.1) is 0 Å². The standard InChI is InChI=1S/C10H16N2O2/c1-3-8(10(13)14-4-2)7-9-11-5-6-12-9/h5-6,8H,3-4,7H2,1-2H3,(H,11,12). The molecule has 1 aromatic heterocycles. The third-order valence-electron chi connectivity index (χ3n) is 2.11. The lowest BCUT2D eigenvalue weighted by Crippen LogP contribution is -2.19. The van der Waals surface area contributed by atoms with Crippen molar-refractivity contribution in [3.05, 3.63) is 18.2 Å². The molecule has 0 aliphatic rings. The molecule has 0 spiro atoms. The largest absolute Gasteiger partial charge is 0.466 e. The Bertz CT molecular complexity index is 270. The van der Waals surface area contributed by atoms with Crippen LogP contribution in [0.2, 0.25) is 0 Å². The lowest BCUT2D eigenvalue weighted by atomic mass is 10.0. The smallest absolute Gasteiger partial charge is 0.309 e. The number of nitrogens with zero attached hydrogens (tertiary/aromatic N) is 1. The van der Waals surface area contributed by atoms with Gasteiger partial charge >= 0.3 is 5.97 Å². The maximum Gasteiger partial charge on any atom is 0.309 e. The third-order valence-corrected chi connectivity index (χ3v) is 2.11. The Morgan fingerprint density at radius 3 is 2.93 bits per heavy atom. The zero-order chi connectivity index (χ0) is 10.4. The van der Waals surface area contributed by atoms with Gasteiger partial charge in [0.05, 0.1) is 12.5 Å². The second-order valence-corrected chi connectivity index (χ2v) is 3.10. The number of carbonyl (C=O) groups excluding carboxylic acids is 1. The van der Waals surface area contributed by atoms with E-state index in [2.05, 4.69) is 9.97 Å². The van der Waals surface area contributed by atoms with Gasteiger partial charge in [0.1, 0.15) is 5.82 Å². The number of nitrogens with one attached hydrogen (secondary N) is 1. The van der Waals surface area contributed by atoms with E-state index in [1.807, 2.05) is 13.8 Å². The van der Waals surface area contributed by atoms with Crippen LogP contribution >= 0.6 is 0 Å². The number of rotatable bonds is 5. The van der Waals surface area contributed by atoms with Crippen LogP contribution in [0.4, 0.5) is 0 Å². The van der Waals surface area contributed by atoms with E-state index in [0.717, 1.165) is 12.2 Å². The molecule has 78 valence electrons. The number of hydrogen-bond acceptors (Lipinski definition) is 3. The summed E-state index contributed by atoms with van der Waals surface area (Å²) in [7, 11) is 0. The molecule has 1 unspecified atom stereocenters. The van der Waals surface area contributed by atoms with E-state index < -0.39 is 0 Å². The Balaban J connectivity index is 2.50. The van der Waals surface area contributed by atoms with E-state index in [1.165, 1.54) is 0 Å². The molecule has 4 nitrogen and oxygen atoms in total. The molecule has 0 radical (unpaired) electrons. The molecule has 4 heteroatoms. The van der Waals surface area contributed by atoms with Gasteiger partial charge in [0, 0.05) is 18.8 Å². The van der Waals surface area contributed by atoms with Gasteiger partial charge in [-0.1, -0.05) is 6.92 Å². The summed E-state index contributed by atoms with van der Waals surface area (Å²) in [6, 6.07) is 0. The van der Waals surface area contributed by atoms with E-state index >= 15 is 0 Å². The zero-order valence-corrected chi connectivity index (χ0v) is 8.62. The first kappa shape index (κ1) is 10.8. The van der Waals surface area contributed by atoms with Crippen LogP contribution in [0, 0.1) is 5.92 Å². The van der Waals surface area contributed by atoms with Crippen molar-refractivity contribution >= 4 is 5.97 Å². The van der Waals surface area contributed by atoms with Gasteiger partial charge in [0.15, 0.2) is 0 Å². The summed E-state index contributed by atoms with van der Waals surface area (Å²) in [5.41, 5.74) is 0. The van der Waals surface area contributed by atoms with Gasteiger partial charge in [-0.2, -0.15) is 0 Å². The van der Waals surface area contributed by atoms with Crippen LogP contribution in [0.25, 0.3) is 0 Å². The first-order valence-corrected chi connectivity index (χ1v) is 4.92. The molecule has 0 saturated heterocycles. The molecule has 1 rings (SSSR count). The van der Waals surface area contributed by atoms with Crippen molar-refractivity contribution in [1.82, 2.24) is 9.97 Å². The first-order valence-electron chi connectivity index (χ1n) is 4.92. The SMILES string of the molecule is CCOC(=O)C(CC)Cc1ncc[nH]1. The Hall–Kier alpha value is -1.32. The highest BCUT2D eigenvalue weighted by Gasteiger charge is 2.18. The van der Waals surface area contributed by atoms with Gasteiger partial charge < -0.3 is 9.72 Å². The number of aromatic amines is 1. The van der Waals surface area contributed by atoms with Gasteiger partial charge in [0.2, 0.25) is 0 Å². The van der Waals surface area contributed by atoms with E-state index in [-0.39, 0.29) is 11.9 Å². The molecular formula is C10H16N2O2. The van der Waals surface area contributed by atoms with Crippen LogP contribution in [0.15, 0.2) is 12.4 Å². The highest BCUT2D eigenvalue weighted by Crippen LogP contribution is 2.10. The average molecular weight is 196 g/mol. The molecule has 0 aliphatic carbocycles. The summed E-state index contributed by atoms with van der Waals surface area (Å²) in [6.45, 7) is 4.23. The van der Waals surface area contributed by atoms with E-state index in [4.69, 9.17) is 4.74 Å². The van der Waals surface area contributed by atoms with Crippen molar-refractivity contribution in [3.8, 4) is 0 Å². The summed E-state index contributed by atoms with van der Waals surface area (Å²) < 4.78 is 4.96. The minimum absolute atomic E-state index is 0.0823. The lowest BCUT2D eigenvalue weighted by Gasteiger charge is -2.11. The molecule has 0 aliphatic heterocycles. The molecule has 1 aromatic rings. The predicted molar refractivity (Wildman–Crippen MR) is 52.7 cm³/mol. The van der Waals surface area contributed by atoms with Gasteiger partial charge in [-0.3, -0.25) is 4.79 Å². The van der Waals surface area contributed by atoms with E-state index in [9.17, 15) is 4.79 Å². The molecule has 0 aromatic carbocycles. The van der Waals surface area contributed by atoms with Crippen LogP contribution < -0.4 is 0 Å². The van der Waals surface area contributed by atoms with E-state index in [1.54, 1.807) is 12.4 Å². The first-order chi connectivity index (χ1) is 6.77. The Labute approximate surface area is 83.7 Å². The van der Waals surface area contributed by atoms with Gasteiger partial charge in [-0.25, -0.2) is 4.98 Å². The molecule has 0 amide bonds. The van der Waals surface area contributed by atoms with Crippen LogP contribution in [0.5, 0.6) is 0 Å². The Kier molecular flexibility index (Phi) is 4.16. The summed E-state index contributed by atoms with van der Waals surface area (Å²) in [5, 5.41) is 0. The maximum atomic E-state index is 11.4. The minimum Gasteiger partial charge on any atom is -0.466 e. The third kappa shape index (κ3) is 2.87. The summed E-state index contributed by atoms with van der Waals surface area (Å²) in [6.07, 6.45) is 4.85. The number of imidazole rings is 1. The molecule has 1 atom stereocenters. The van der Waals surface area contributed by atoms with Crippen LogP contribution in [0.3, 0.4) is 0 Å². The maximum absolute atomic E-state index is 11.4. The van der Waals surface area contributed by atoms with Crippen molar-refractivity contribution in [1.29, 1.82) is 0 Å². The van der Waals surface area contributed by atoms with Gasteiger partial charge in [0.25, 0.3) is 0 Å². The number of aromatic nitrogens is 2. The fourth-order valence-electron chi connectivity index (χ4n) is 1.30. The highest BCUT2D eigenvalue weighted by molar-refractivity contribution is 5.72. The molecule has 1 N–H and O–H groups in total. The molecule has 14 heavy (non-hydrogen) atoms. The normalized spacial score (nSPS) is 12.4. The molecule has 1 heterocycles. The lowest BCUT2D eigenvalue weighted by molar-refractivity contribution is -0.148. The number of esters is 1. The monoisotopic (exact) mass is 196 g/mol. The van der Waals surface area contributed by atoms with Crippen molar-refractivity contribution in [2.24, 2.45) is 5.92 Å². The zero-order valence-electron chi connectivity index (χ0n) is 8.62. The van der Waals surface area contributed by atoms with Crippen LogP contribution in [0.1, 0.15) is 26.1 Å². The summed E-state index contributed by atoms with van der Waals surface area (Å²) in [5.74, 6) is 0.623. The quantitative estimate of drug-likeness (QED) is 0.727. The van der Waals surface area contributed by atoms with Crippen molar-refractivity contribution in [2.75, 3.05) is 6.61 Å². The fourth-order valence-corrected chi connectivity index (χ4v) is 1.30. The summed E-state index contributed by atoms with van der Waals surface area (Å²) in [4.78, 5) is 18.5. The Morgan fingerprint density at radius 1 is 1.64 bits per heavy atom. The second-order valence-electron chi connectivity index (χ2n) is 3.10. The average Bonchev–Trinajstić information content (AvgIpc) is 2.66. The summed E-state index contributed by atoms with van der Waals surface area (Å²) >= 11 is 0. The van der Waals surface area contributed by atoms with Crippen molar-refractivity contribution in [2.45, 2.75) is 26.7 Å². The Morgan fingerprint density at radius 2 is 2.43 bits per heavy atom. The number of carbonyl (C=O) groups is 1. The molecule has 0 bridgehead atoms. The van der Waals surface area contributed by atoms with E-state index in [0.29, 0.717) is 13.0 Å². The topological polar surface area (TPSA) is 55.0 Å². The highest BCUT2D eigenvalue weighted by atomic mass is 16.5. The van der Waals surface area contributed by atoms with Gasteiger partial charge in [-0.05, 0) is 13.3 Å². The van der Waals surface area contributed by atoms with Crippen molar-refractivity contribution < 1.29 is 9.53 Å².